The first-order chi connectivity index (χ1) is 10.2. The van der Waals surface area contributed by atoms with Gasteiger partial charge >= 0.3 is 5.97 Å². The highest BCUT2D eigenvalue weighted by Gasteiger charge is 2.31. The number of benzene rings is 1. The lowest BCUT2D eigenvalue weighted by Gasteiger charge is -2.34. The number of hydrogen-bond acceptors (Lipinski definition) is 3. The molecule has 1 N–H and O–H groups in total. The van der Waals surface area contributed by atoms with Crippen molar-refractivity contribution in [1.29, 1.82) is 0 Å². The molecule has 1 fully saturated rings. The Kier molecular flexibility index (Phi) is 4.87. The average molecular weight is 345 g/mol. The number of halogens is 1. The largest absolute Gasteiger partial charge is 0.478 e. The van der Waals surface area contributed by atoms with Gasteiger partial charge < -0.3 is 5.11 Å². The maximum atomic E-state index is 12.0. The van der Waals surface area contributed by atoms with Crippen molar-refractivity contribution in [2.75, 3.05) is 6.26 Å². The number of carboxylic acid groups (broad SMARTS) is 1. The molecule has 4 nitrogen and oxygen atoms in total. The van der Waals surface area contributed by atoms with Gasteiger partial charge in [0.05, 0.1) is 15.5 Å². The number of sulfone groups is 1. The Balaban J connectivity index is 2.64. The van der Waals surface area contributed by atoms with Gasteiger partial charge in [0.25, 0.3) is 0 Å². The van der Waals surface area contributed by atoms with Crippen molar-refractivity contribution < 1.29 is 18.3 Å². The molecule has 1 aromatic rings. The third-order valence-electron chi connectivity index (χ3n) is 4.65. The summed E-state index contributed by atoms with van der Waals surface area (Å²) >= 11 is 6.26. The van der Waals surface area contributed by atoms with Crippen LogP contribution in [0.4, 0.5) is 0 Å². The Morgan fingerprint density at radius 1 is 1.41 bits per heavy atom. The molecule has 2 unspecified atom stereocenters. The lowest BCUT2D eigenvalue weighted by Crippen LogP contribution is -2.26. The molecule has 1 aromatic carbocycles. The van der Waals surface area contributed by atoms with E-state index < -0.39 is 15.8 Å². The molecule has 0 aliphatic heterocycles. The van der Waals surface area contributed by atoms with Crippen LogP contribution in [0.25, 0.3) is 0 Å². The van der Waals surface area contributed by atoms with E-state index in [0.717, 1.165) is 19.1 Å². The molecule has 0 spiro atoms. The number of hydrogen-bond donors (Lipinski definition) is 1. The van der Waals surface area contributed by atoms with Crippen LogP contribution < -0.4 is 0 Å². The lowest BCUT2D eigenvalue weighted by atomic mass is 9.71. The van der Waals surface area contributed by atoms with Gasteiger partial charge in [-0.1, -0.05) is 31.9 Å². The summed E-state index contributed by atoms with van der Waals surface area (Å²) < 4.78 is 24.1. The second-order valence-corrected chi connectivity index (χ2v) is 8.51. The molecule has 1 aliphatic carbocycles. The van der Waals surface area contributed by atoms with Crippen LogP contribution in [-0.4, -0.2) is 25.7 Å². The smallest absolute Gasteiger partial charge is 0.337 e. The third-order valence-corrected chi connectivity index (χ3v) is 6.24. The highest BCUT2D eigenvalue weighted by Crippen LogP contribution is 2.39. The summed E-state index contributed by atoms with van der Waals surface area (Å²) in [4.78, 5) is 11.8. The van der Waals surface area contributed by atoms with E-state index in [1.54, 1.807) is 6.92 Å². The average Bonchev–Trinajstić information content (AvgIpc) is 2.40. The quantitative estimate of drug-likeness (QED) is 0.886. The lowest BCUT2D eigenvalue weighted by molar-refractivity contribution is 0.0694. The molecule has 1 aliphatic rings. The van der Waals surface area contributed by atoms with E-state index >= 15 is 0 Å². The number of aromatic carboxylic acids is 1. The van der Waals surface area contributed by atoms with E-state index in [1.807, 2.05) is 0 Å². The molecule has 0 heterocycles. The van der Waals surface area contributed by atoms with E-state index in [0.29, 0.717) is 35.8 Å². The fourth-order valence-corrected chi connectivity index (χ4v) is 4.64. The van der Waals surface area contributed by atoms with Crippen LogP contribution in [0.2, 0.25) is 5.02 Å². The van der Waals surface area contributed by atoms with Gasteiger partial charge in [0.2, 0.25) is 0 Å². The highest BCUT2D eigenvalue weighted by atomic mass is 35.5. The standard InChI is InChI=1S/C16H21ClO4S/c1-4-12-13(22(3,20)21)8-11(7-10-6-5-9(10)2)14(15(12)17)16(18)19/h8-10H,4-7H2,1-3H3,(H,18,19). The van der Waals surface area contributed by atoms with Gasteiger partial charge in [-0.25, -0.2) is 13.2 Å². The van der Waals surface area contributed by atoms with Crippen LogP contribution in [0.1, 0.15) is 48.2 Å². The van der Waals surface area contributed by atoms with Gasteiger partial charge in [-0.05, 0) is 48.3 Å². The number of carbonyl (C=O) groups is 1. The maximum Gasteiger partial charge on any atom is 0.337 e. The third kappa shape index (κ3) is 3.15. The van der Waals surface area contributed by atoms with E-state index in [1.165, 1.54) is 6.07 Å². The van der Waals surface area contributed by atoms with Crippen LogP contribution in [0.15, 0.2) is 11.0 Å². The Bertz CT molecular complexity index is 709. The molecule has 0 radical (unpaired) electrons. The summed E-state index contributed by atoms with van der Waals surface area (Å²) in [7, 11) is -3.45. The topological polar surface area (TPSA) is 71.4 Å². The first-order valence-corrected chi connectivity index (χ1v) is 9.71. The molecule has 2 rings (SSSR count). The minimum absolute atomic E-state index is 0.0602. The summed E-state index contributed by atoms with van der Waals surface area (Å²) in [5.74, 6) is -0.163. The molecular formula is C16H21ClO4S. The predicted octanol–water partition coefficient (Wildman–Crippen LogP) is 3.59. The van der Waals surface area contributed by atoms with Gasteiger partial charge in [-0.15, -0.1) is 0 Å². The van der Waals surface area contributed by atoms with Crippen LogP contribution >= 0.6 is 11.6 Å². The van der Waals surface area contributed by atoms with Crippen LogP contribution in [-0.2, 0) is 22.7 Å². The molecule has 1 saturated carbocycles. The highest BCUT2D eigenvalue weighted by molar-refractivity contribution is 7.90. The van der Waals surface area contributed by atoms with Gasteiger partial charge in [0, 0.05) is 6.26 Å². The minimum Gasteiger partial charge on any atom is -0.478 e. The monoisotopic (exact) mass is 344 g/mol. The second kappa shape index (κ2) is 6.20. The van der Waals surface area contributed by atoms with Crippen LogP contribution in [0, 0.1) is 11.8 Å². The van der Waals surface area contributed by atoms with E-state index in [-0.39, 0.29) is 15.5 Å². The molecule has 122 valence electrons. The fraction of sp³-hybridized carbons (Fsp3) is 0.562. The van der Waals surface area contributed by atoms with E-state index in [9.17, 15) is 18.3 Å². The summed E-state index contributed by atoms with van der Waals surface area (Å²) in [5.41, 5.74) is 0.990. The van der Waals surface area contributed by atoms with E-state index in [2.05, 4.69) is 6.92 Å². The van der Waals surface area contributed by atoms with Crippen molar-refractivity contribution in [2.24, 2.45) is 11.8 Å². The van der Waals surface area contributed by atoms with Crippen LogP contribution in [0.3, 0.4) is 0 Å². The van der Waals surface area contributed by atoms with Crippen molar-refractivity contribution >= 4 is 27.4 Å². The summed E-state index contributed by atoms with van der Waals surface area (Å²) in [6, 6.07) is 1.52. The summed E-state index contributed by atoms with van der Waals surface area (Å²) in [5, 5.41) is 9.57. The van der Waals surface area contributed by atoms with Gasteiger partial charge in [0.15, 0.2) is 9.84 Å². The molecule has 2 atom stereocenters. The van der Waals surface area contributed by atoms with Crippen molar-refractivity contribution in [3.63, 3.8) is 0 Å². The molecule has 0 amide bonds. The molecule has 0 saturated heterocycles. The normalized spacial score (nSPS) is 21.5. The maximum absolute atomic E-state index is 12.0. The zero-order chi connectivity index (χ0) is 16.7. The van der Waals surface area contributed by atoms with Gasteiger partial charge in [0.1, 0.15) is 0 Å². The zero-order valence-electron chi connectivity index (χ0n) is 13.0. The molecule has 0 aromatic heterocycles. The Morgan fingerprint density at radius 3 is 2.41 bits per heavy atom. The van der Waals surface area contributed by atoms with Crippen molar-refractivity contribution in [3.8, 4) is 0 Å². The van der Waals surface area contributed by atoms with Gasteiger partial charge in [-0.2, -0.15) is 0 Å². The molecule has 22 heavy (non-hydrogen) atoms. The van der Waals surface area contributed by atoms with E-state index in [4.69, 9.17) is 11.6 Å². The summed E-state index contributed by atoms with van der Waals surface area (Å²) in [6.07, 6.45) is 4.25. The first kappa shape index (κ1) is 17.3. The zero-order valence-corrected chi connectivity index (χ0v) is 14.6. The summed E-state index contributed by atoms with van der Waals surface area (Å²) in [6.45, 7) is 3.91. The molecule has 0 bridgehead atoms. The molecule has 6 heteroatoms. The van der Waals surface area contributed by atoms with Gasteiger partial charge in [-0.3, -0.25) is 0 Å². The number of carboxylic acids is 1. The Morgan fingerprint density at radius 2 is 2.05 bits per heavy atom. The first-order valence-electron chi connectivity index (χ1n) is 7.44. The number of rotatable bonds is 5. The van der Waals surface area contributed by atoms with Crippen molar-refractivity contribution in [2.45, 2.75) is 44.4 Å². The Hall–Kier alpha value is -1.07. The minimum atomic E-state index is -3.45. The van der Waals surface area contributed by atoms with Crippen molar-refractivity contribution in [3.05, 3.63) is 27.8 Å². The van der Waals surface area contributed by atoms with Crippen molar-refractivity contribution in [1.82, 2.24) is 0 Å². The predicted molar refractivity (Wildman–Crippen MR) is 86.5 cm³/mol. The fourth-order valence-electron chi connectivity index (χ4n) is 3.09. The Labute approximate surface area is 136 Å². The molecular weight excluding hydrogens is 324 g/mol. The SMILES string of the molecule is CCc1c(S(C)(=O)=O)cc(CC2CCC2C)c(C(=O)O)c1Cl. The second-order valence-electron chi connectivity index (χ2n) is 6.15. The van der Waals surface area contributed by atoms with Crippen LogP contribution in [0.5, 0.6) is 0 Å².